The molecule has 0 amide bonds. The maximum atomic E-state index is 5.77. The summed E-state index contributed by atoms with van der Waals surface area (Å²) < 4.78 is 11.1. The van der Waals surface area contributed by atoms with Gasteiger partial charge in [0.1, 0.15) is 18.0 Å². The van der Waals surface area contributed by atoms with Crippen molar-refractivity contribution in [3.05, 3.63) is 42.0 Å². The Morgan fingerprint density at radius 1 is 0.960 bits per heavy atom. The van der Waals surface area contributed by atoms with Gasteiger partial charge in [-0.05, 0) is 63.1 Å². The largest absolute Gasteiger partial charge is 0.491 e. The van der Waals surface area contributed by atoms with Crippen molar-refractivity contribution in [1.29, 1.82) is 0 Å². The van der Waals surface area contributed by atoms with Crippen LogP contribution < -0.4 is 4.74 Å². The first-order chi connectivity index (χ1) is 12.2. The van der Waals surface area contributed by atoms with E-state index >= 15 is 0 Å². The fraction of sp³-hybridized carbons (Fsp3) is 0.652. The summed E-state index contributed by atoms with van der Waals surface area (Å²) in [5.74, 6) is 0.950. The van der Waals surface area contributed by atoms with Crippen molar-refractivity contribution >= 4 is 0 Å². The van der Waals surface area contributed by atoms with Gasteiger partial charge < -0.3 is 9.47 Å². The van der Waals surface area contributed by atoms with E-state index in [1.165, 1.54) is 69.8 Å². The van der Waals surface area contributed by atoms with Crippen LogP contribution in [0.5, 0.6) is 5.75 Å². The zero-order valence-electron chi connectivity index (χ0n) is 16.3. The summed E-state index contributed by atoms with van der Waals surface area (Å²) in [5, 5.41) is 0. The Kier molecular flexibility index (Phi) is 9.10. The van der Waals surface area contributed by atoms with E-state index in [0.717, 1.165) is 12.4 Å². The van der Waals surface area contributed by atoms with Crippen LogP contribution in [0.3, 0.4) is 0 Å². The molecule has 1 aromatic rings. The molecule has 1 aliphatic rings. The number of unbranched alkanes of at least 4 members (excludes halogenated alkanes) is 7. The van der Waals surface area contributed by atoms with Gasteiger partial charge in [0.25, 0.3) is 0 Å². The third kappa shape index (κ3) is 9.11. The van der Waals surface area contributed by atoms with Crippen molar-refractivity contribution in [3.8, 4) is 5.75 Å². The Morgan fingerprint density at radius 3 is 2.24 bits per heavy atom. The van der Waals surface area contributed by atoms with Crippen molar-refractivity contribution in [2.75, 3.05) is 13.2 Å². The van der Waals surface area contributed by atoms with Crippen LogP contribution in [0.2, 0.25) is 0 Å². The molecule has 0 radical (unpaired) electrons. The molecule has 1 heterocycles. The second kappa shape index (κ2) is 11.4. The van der Waals surface area contributed by atoms with Gasteiger partial charge in [-0.3, -0.25) is 0 Å². The highest BCUT2D eigenvalue weighted by Gasteiger charge is 2.40. The molecule has 1 atom stereocenters. The highest BCUT2D eigenvalue weighted by Crippen LogP contribution is 2.27. The molecular weight excluding hydrogens is 308 g/mol. The molecule has 0 bridgehead atoms. The van der Waals surface area contributed by atoms with Gasteiger partial charge >= 0.3 is 0 Å². The van der Waals surface area contributed by atoms with Crippen LogP contribution in [0.25, 0.3) is 0 Å². The predicted molar refractivity (Wildman–Crippen MR) is 106 cm³/mol. The van der Waals surface area contributed by atoms with E-state index in [0.29, 0.717) is 6.61 Å². The first-order valence-corrected chi connectivity index (χ1v) is 10.2. The van der Waals surface area contributed by atoms with E-state index < -0.39 is 0 Å². The predicted octanol–water partition coefficient (Wildman–Crippen LogP) is 6.48. The number of aryl methyl sites for hydroxylation is 1. The van der Waals surface area contributed by atoms with E-state index in [-0.39, 0.29) is 5.60 Å². The molecule has 0 N–H and O–H groups in total. The number of benzene rings is 1. The summed E-state index contributed by atoms with van der Waals surface area (Å²) in [6, 6.07) is 8.57. The second-order valence-corrected chi connectivity index (χ2v) is 7.59. The Balaban J connectivity index is 1.46. The SMILES string of the molecule is CCCCC/C=C/CCCCCCc1ccc(OCC2(C)CO2)cc1. The minimum absolute atomic E-state index is 0.0383. The van der Waals surface area contributed by atoms with E-state index in [4.69, 9.17) is 9.47 Å². The van der Waals surface area contributed by atoms with Crippen molar-refractivity contribution in [2.45, 2.75) is 83.7 Å². The quantitative estimate of drug-likeness (QED) is 0.219. The lowest BCUT2D eigenvalue weighted by Crippen LogP contribution is -2.16. The maximum Gasteiger partial charge on any atom is 0.123 e. The van der Waals surface area contributed by atoms with Crippen molar-refractivity contribution in [1.82, 2.24) is 0 Å². The van der Waals surface area contributed by atoms with Crippen LogP contribution in [0.15, 0.2) is 36.4 Å². The first kappa shape index (κ1) is 20.0. The minimum atomic E-state index is -0.0383. The maximum absolute atomic E-state index is 5.77. The number of rotatable bonds is 14. The smallest absolute Gasteiger partial charge is 0.123 e. The molecule has 25 heavy (non-hydrogen) atoms. The van der Waals surface area contributed by atoms with Crippen molar-refractivity contribution in [2.24, 2.45) is 0 Å². The zero-order chi connectivity index (χ0) is 17.8. The fourth-order valence-corrected chi connectivity index (χ4v) is 2.89. The van der Waals surface area contributed by atoms with Gasteiger partial charge in [-0.2, -0.15) is 0 Å². The number of allylic oxidation sites excluding steroid dienone is 2. The summed E-state index contributed by atoms with van der Waals surface area (Å²) in [7, 11) is 0. The van der Waals surface area contributed by atoms with Gasteiger partial charge in [-0.15, -0.1) is 0 Å². The summed E-state index contributed by atoms with van der Waals surface area (Å²) in [6.45, 7) is 5.82. The fourth-order valence-electron chi connectivity index (χ4n) is 2.89. The lowest BCUT2D eigenvalue weighted by Gasteiger charge is -2.09. The molecule has 0 aliphatic carbocycles. The monoisotopic (exact) mass is 344 g/mol. The molecule has 1 unspecified atom stereocenters. The number of epoxide rings is 1. The summed E-state index contributed by atoms with van der Waals surface area (Å²) in [5.41, 5.74) is 1.38. The Hall–Kier alpha value is -1.28. The lowest BCUT2D eigenvalue weighted by atomic mass is 10.1. The first-order valence-electron chi connectivity index (χ1n) is 10.2. The highest BCUT2D eigenvalue weighted by atomic mass is 16.6. The molecule has 0 saturated carbocycles. The second-order valence-electron chi connectivity index (χ2n) is 7.59. The summed E-state index contributed by atoms with van der Waals surface area (Å²) in [4.78, 5) is 0. The lowest BCUT2D eigenvalue weighted by molar-refractivity contribution is 0.202. The molecule has 2 heteroatoms. The van der Waals surface area contributed by atoms with E-state index in [1.807, 2.05) is 0 Å². The zero-order valence-corrected chi connectivity index (χ0v) is 16.3. The summed E-state index contributed by atoms with van der Waals surface area (Å²) in [6.07, 6.45) is 17.8. The van der Waals surface area contributed by atoms with Crippen LogP contribution in [0.1, 0.15) is 77.2 Å². The van der Waals surface area contributed by atoms with Crippen molar-refractivity contribution in [3.63, 3.8) is 0 Å². The van der Waals surface area contributed by atoms with Crippen LogP contribution in [0, 0.1) is 0 Å². The molecule has 1 aliphatic heterocycles. The third-order valence-corrected chi connectivity index (χ3v) is 4.83. The van der Waals surface area contributed by atoms with Crippen LogP contribution in [-0.4, -0.2) is 18.8 Å². The molecule has 2 rings (SSSR count). The van der Waals surface area contributed by atoms with E-state index in [9.17, 15) is 0 Å². The van der Waals surface area contributed by atoms with Gasteiger partial charge in [0.05, 0.1) is 6.61 Å². The number of ether oxygens (including phenoxy) is 2. The van der Waals surface area contributed by atoms with Crippen LogP contribution >= 0.6 is 0 Å². The molecule has 1 aromatic carbocycles. The van der Waals surface area contributed by atoms with Crippen LogP contribution in [-0.2, 0) is 11.2 Å². The molecule has 1 saturated heterocycles. The Labute approximate surface area is 154 Å². The number of hydrogen-bond acceptors (Lipinski definition) is 2. The van der Waals surface area contributed by atoms with Gasteiger partial charge in [0, 0.05) is 0 Å². The van der Waals surface area contributed by atoms with Crippen LogP contribution in [0.4, 0.5) is 0 Å². The van der Waals surface area contributed by atoms with Gasteiger partial charge in [0.2, 0.25) is 0 Å². The van der Waals surface area contributed by atoms with Gasteiger partial charge in [-0.1, -0.05) is 56.9 Å². The van der Waals surface area contributed by atoms with E-state index in [2.05, 4.69) is 50.3 Å². The highest BCUT2D eigenvalue weighted by molar-refractivity contribution is 5.27. The minimum Gasteiger partial charge on any atom is -0.491 e. The van der Waals surface area contributed by atoms with Gasteiger partial charge in [-0.25, -0.2) is 0 Å². The molecule has 0 aromatic heterocycles. The number of hydrogen-bond donors (Lipinski definition) is 0. The molecule has 2 nitrogen and oxygen atoms in total. The third-order valence-electron chi connectivity index (χ3n) is 4.83. The average Bonchev–Trinajstić information content (AvgIpc) is 3.37. The topological polar surface area (TPSA) is 21.8 Å². The summed E-state index contributed by atoms with van der Waals surface area (Å²) >= 11 is 0. The Morgan fingerprint density at radius 2 is 1.60 bits per heavy atom. The molecule has 140 valence electrons. The molecule has 0 spiro atoms. The molecule has 1 fully saturated rings. The van der Waals surface area contributed by atoms with Gasteiger partial charge in [0.15, 0.2) is 0 Å². The van der Waals surface area contributed by atoms with E-state index in [1.54, 1.807) is 0 Å². The standard InChI is InChI=1S/C23H36O2/c1-3-4-5-6-7-8-9-10-11-12-13-14-21-15-17-22(18-16-21)24-19-23(2)20-25-23/h7-8,15-18H,3-6,9-14,19-20H2,1-2H3/b8-7+. The Bertz CT molecular complexity index is 485. The molecular formula is C23H36O2. The normalized spacial score (nSPS) is 19.4. The van der Waals surface area contributed by atoms with Crippen molar-refractivity contribution < 1.29 is 9.47 Å². The average molecular weight is 345 g/mol.